The second-order valence-electron chi connectivity index (χ2n) is 5.90. The molecule has 1 aromatic carbocycles. The van der Waals surface area contributed by atoms with Crippen molar-refractivity contribution >= 4 is 22.6 Å². The molecule has 1 N–H and O–H groups in total. The highest BCUT2D eigenvalue weighted by Crippen LogP contribution is 2.25. The second-order valence-corrected chi connectivity index (χ2v) is 5.90. The van der Waals surface area contributed by atoms with Crippen LogP contribution in [0.15, 0.2) is 53.1 Å². The molecule has 3 heterocycles. The van der Waals surface area contributed by atoms with Gasteiger partial charge < -0.3 is 9.73 Å². The number of benzene rings is 1. The number of furan rings is 1. The largest absolute Gasteiger partial charge is 0.451 e. The van der Waals surface area contributed by atoms with Crippen LogP contribution in [0.5, 0.6) is 0 Å². The molecule has 130 valence electrons. The average Bonchev–Trinajstić information content (AvgIpc) is 3.21. The third-order valence-electron chi connectivity index (χ3n) is 4.09. The van der Waals surface area contributed by atoms with Gasteiger partial charge in [0.05, 0.1) is 23.1 Å². The highest BCUT2D eigenvalue weighted by Gasteiger charge is 2.15. The molecule has 7 heteroatoms. The molecule has 26 heavy (non-hydrogen) atoms. The van der Waals surface area contributed by atoms with Crippen LogP contribution in [-0.2, 0) is 7.05 Å². The van der Waals surface area contributed by atoms with E-state index < -0.39 is 11.7 Å². The fourth-order valence-corrected chi connectivity index (χ4v) is 2.83. The third-order valence-corrected chi connectivity index (χ3v) is 4.09. The first-order chi connectivity index (χ1) is 12.5. The zero-order valence-electron chi connectivity index (χ0n) is 14.2. The van der Waals surface area contributed by atoms with Gasteiger partial charge in [0.15, 0.2) is 11.4 Å². The van der Waals surface area contributed by atoms with E-state index in [4.69, 9.17) is 4.42 Å². The Kier molecular flexibility index (Phi) is 3.76. The second kappa shape index (κ2) is 6.11. The van der Waals surface area contributed by atoms with Crippen LogP contribution in [0.4, 0.5) is 10.1 Å². The molecular weight excluding hydrogens is 335 g/mol. The maximum Gasteiger partial charge on any atom is 0.291 e. The van der Waals surface area contributed by atoms with Gasteiger partial charge in [-0.05, 0) is 37.3 Å². The van der Waals surface area contributed by atoms with Gasteiger partial charge in [0.25, 0.3) is 5.91 Å². The Bertz CT molecular complexity index is 1130. The first-order valence-corrected chi connectivity index (χ1v) is 7.98. The number of hydrogen-bond donors (Lipinski definition) is 1. The van der Waals surface area contributed by atoms with Crippen molar-refractivity contribution in [3.63, 3.8) is 0 Å². The summed E-state index contributed by atoms with van der Waals surface area (Å²) in [5.74, 6) is -0.456. The molecule has 0 fully saturated rings. The van der Waals surface area contributed by atoms with Crippen molar-refractivity contribution in [2.24, 2.45) is 7.05 Å². The molecule has 4 aromatic rings. The molecule has 0 spiro atoms. The number of amides is 1. The number of aryl methyl sites for hydroxylation is 2. The van der Waals surface area contributed by atoms with Crippen molar-refractivity contribution in [3.05, 3.63) is 65.9 Å². The van der Waals surface area contributed by atoms with Gasteiger partial charge in [0.2, 0.25) is 0 Å². The minimum Gasteiger partial charge on any atom is -0.451 e. The summed E-state index contributed by atoms with van der Waals surface area (Å²) in [6, 6.07) is 11.1. The molecular formula is C19H15FN4O2. The molecule has 0 saturated carbocycles. The number of anilines is 1. The van der Waals surface area contributed by atoms with Crippen LogP contribution >= 0.6 is 0 Å². The van der Waals surface area contributed by atoms with Gasteiger partial charge in [-0.2, -0.15) is 5.10 Å². The Morgan fingerprint density at radius 2 is 2.04 bits per heavy atom. The van der Waals surface area contributed by atoms with Crippen LogP contribution in [0.25, 0.3) is 22.4 Å². The molecule has 0 bridgehead atoms. The van der Waals surface area contributed by atoms with Crippen LogP contribution < -0.4 is 5.32 Å². The minimum atomic E-state index is -0.435. The Balaban J connectivity index is 1.59. The van der Waals surface area contributed by atoms with E-state index in [0.717, 1.165) is 16.7 Å². The number of halogens is 1. The van der Waals surface area contributed by atoms with Crippen molar-refractivity contribution in [1.82, 2.24) is 14.8 Å². The molecule has 6 nitrogen and oxygen atoms in total. The Labute approximate surface area is 148 Å². The van der Waals surface area contributed by atoms with Crippen LogP contribution in [-0.4, -0.2) is 20.7 Å². The Hall–Kier alpha value is -3.48. The number of pyridine rings is 1. The average molecular weight is 350 g/mol. The van der Waals surface area contributed by atoms with E-state index in [-0.39, 0.29) is 5.76 Å². The lowest BCUT2D eigenvalue weighted by Gasteiger charge is -2.03. The number of carbonyl (C=O) groups is 1. The van der Waals surface area contributed by atoms with Gasteiger partial charge in [-0.25, -0.2) is 9.37 Å². The normalized spacial score (nSPS) is 11.0. The van der Waals surface area contributed by atoms with Crippen molar-refractivity contribution in [1.29, 1.82) is 0 Å². The molecule has 0 radical (unpaired) electrons. The summed E-state index contributed by atoms with van der Waals surface area (Å²) in [6.45, 7) is 1.88. The first kappa shape index (κ1) is 16.0. The molecule has 3 aromatic heterocycles. The SMILES string of the molecule is Cc1nn(C)c2ncc(NC(=O)c3ccc(-c4ccccc4F)o3)cc12. The number of carbonyl (C=O) groups excluding carboxylic acids is 1. The highest BCUT2D eigenvalue weighted by molar-refractivity contribution is 6.03. The predicted octanol–water partition coefficient (Wildman–Crippen LogP) is 3.93. The summed E-state index contributed by atoms with van der Waals surface area (Å²) in [6.07, 6.45) is 1.56. The number of aromatic nitrogens is 3. The lowest BCUT2D eigenvalue weighted by Crippen LogP contribution is -2.11. The van der Waals surface area contributed by atoms with Crippen molar-refractivity contribution in [3.8, 4) is 11.3 Å². The van der Waals surface area contributed by atoms with E-state index in [9.17, 15) is 9.18 Å². The Morgan fingerprint density at radius 1 is 1.23 bits per heavy atom. The zero-order valence-corrected chi connectivity index (χ0v) is 14.2. The van der Waals surface area contributed by atoms with Gasteiger partial charge >= 0.3 is 0 Å². The number of nitrogens with one attached hydrogen (secondary N) is 1. The fourth-order valence-electron chi connectivity index (χ4n) is 2.83. The van der Waals surface area contributed by atoms with E-state index in [2.05, 4.69) is 15.4 Å². The van der Waals surface area contributed by atoms with Crippen molar-refractivity contribution in [2.45, 2.75) is 6.92 Å². The summed E-state index contributed by atoms with van der Waals surface area (Å²) in [5.41, 5.74) is 2.40. The topological polar surface area (TPSA) is 73.0 Å². The number of rotatable bonds is 3. The molecule has 0 saturated heterocycles. The number of fused-ring (bicyclic) bond motifs is 1. The number of hydrogen-bond acceptors (Lipinski definition) is 4. The number of nitrogens with zero attached hydrogens (tertiary/aromatic N) is 3. The molecule has 1 amide bonds. The van der Waals surface area contributed by atoms with Crippen molar-refractivity contribution in [2.75, 3.05) is 5.32 Å². The Morgan fingerprint density at radius 3 is 2.85 bits per heavy atom. The van der Waals surface area contributed by atoms with E-state index in [1.54, 1.807) is 35.1 Å². The molecule has 0 unspecified atom stereocenters. The quantitative estimate of drug-likeness (QED) is 0.608. The van der Waals surface area contributed by atoms with Crippen LogP contribution in [0.2, 0.25) is 0 Å². The smallest absolute Gasteiger partial charge is 0.291 e. The van der Waals surface area contributed by atoms with Crippen molar-refractivity contribution < 1.29 is 13.6 Å². The summed E-state index contributed by atoms with van der Waals surface area (Å²) in [4.78, 5) is 16.7. The van der Waals surface area contributed by atoms with E-state index in [1.807, 2.05) is 20.0 Å². The molecule has 0 atom stereocenters. The van der Waals surface area contributed by atoms with Gasteiger partial charge in [-0.1, -0.05) is 12.1 Å². The lowest BCUT2D eigenvalue weighted by molar-refractivity contribution is 0.0997. The van der Waals surface area contributed by atoms with E-state index in [1.165, 1.54) is 12.1 Å². The maximum absolute atomic E-state index is 13.8. The maximum atomic E-state index is 13.8. The highest BCUT2D eigenvalue weighted by atomic mass is 19.1. The molecule has 0 aliphatic rings. The summed E-state index contributed by atoms with van der Waals surface area (Å²) in [5, 5.41) is 7.90. The van der Waals surface area contributed by atoms with Crippen LogP contribution in [0.3, 0.4) is 0 Å². The lowest BCUT2D eigenvalue weighted by atomic mass is 10.1. The fraction of sp³-hybridized carbons (Fsp3) is 0.105. The first-order valence-electron chi connectivity index (χ1n) is 7.98. The van der Waals surface area contributed by atoms with E-state index >= 15 is 0 Å². The predicted molar refractivity (Wildman–Crippen MR) is 95.3 cm³/mol. The van der Waals surface area contributed by atoms with Crippen LogP contribution in [0, 0.1) is 12.7 Å². The third kappa shape index (κ3) is 2.73. The minimum absolute atomic E-state index is 0.0891. The van der Waals surface area contributed by atoms with E-state index in [0.29, 0.717) is 17.0 Å². The molecule has 0 aliphatic carbocycles. The standard InChI is InChI=1S/C19H15FN4O2/c1-11-14-9-12(10-21-18(14)24(2)23-11)22-19(25)17-8-7-16(26-17)13-5-3-4-6-15(13)20/h3-10H,1-2H3,(H,22,25). The monoisotopic (exact) mass is 350 g/mol. The van der Waals surface area contributed by atoms with Gasteiger partial charge in [-0.3, -0.25) is 9.48 Å². The summed E-state index contributed by atoms with van der Waals surface area (Å²) < 4.78 is 21.0. The van der Waals surface area contributed by atoms with Gasteiger partial charge in [0, 0.05) is 12.4 Å². The summed E-state index contributed by atoms with van der Waals surface area (Å²) >= 11 is 0. The van der Waals surface area contributed by atoms with Gasteiger partial charge in [-0.15, -0.1) is 0 Å². The van der Waals surface area contributed by atoms with Crippen LogP contribution in [0.1, 0.15) is 16.2 Å². The zero-order chi connectivity index (χ0) is 18.3. The molecule has 0 aliphatic heterocycles. The van der Waals surface area contributed by atoms with Gasteiger partial charge in [0.1, 0.15) is 11.6 Å². The summed E-state index contributed by atoms with van der Waals surface area (Å²) in [7, 11) is 1.81. The molecule has 4 rings (SSSR count).